The number of hydrogen-bond acceptors (Lipinski definition) is 3. The van der Waals surface area contributed by atoms with Crippen LogP contribution in [-0.4, -0.2) is 27.3 Å². The molecule has 0 aromatic carbocycles. The third-order valence-electron chi connectivity index (χ3n) is 3.54. The van der Waals surface area contributed by atoms with E-state index in [9.17, 15) is 4.79 Å². The van der Waals surface area contributed by atoms with Crippen LogP contribution in [0.1, 0.15) is 39.0 Å². The number of carbonyl (C=O) groups excluding carboxylic acids is 1. The Hall–Kier alpha value is -1.36. The summed E-state index contributed by atoms with van der Waals surface area (Å²) < 4.78 is 1.82. The molecule has 0 spiro atoms. The van der Waals surface area contributed by atoms with Gasteiger partial charge in [-0.1, -0.05) is 12.8 Å². The number of rotatable bonds is 5. The van der Waals surface area contributed by atoms with Crippen LogP contribution in [0.15, 0.2) is 18.5 Å². The highest BCUT2D eigenvalue weighted by Gasteiger charge is 2.31. The Bertz CT molecular complexity index is 382. The first-order chi connectivity index (χ1) is 8.57. The van der Waals surface area contributed by atoms with Gasteiger partial charge in [-0.05, 0) is 25.8 Å². The van der Waals surface area contributed by atoms with Crippen molar-refractivity contribution in [3.63, 3.8) is 0 Å². The minimum Gasteiger partial charge on any atom is -0.352 e. The topological polar surface area (TPSA) is 72.9 Å². The van der Waals surface area contributed by atoms with Gasteiger partial charge in [0.15, 0.2) is 0 Å². The van der Waals surface area contributed by atoms with Gasteiger partial charge in [0.1, 0.15) is 0 Å². The Kier molecular flexibility index (Phi) is 4.01. The third kappa shape index (κ3) is 3.57. The maximum Gasteiger partial charge on any atom is 0.222 e. The fraction of sp³-hybridized carbons (Fsp3) is 0.692. The quantitative estimate of drug-likeness (QED) is 0.820. The molecule has 5 heteroatoms. The van der Waals surface area contributed by atoms with Crippen LogP contribution in [0.2, 0.25) is 0 Å². The van der Waals surface area contributed by atoms with Crippen LogP contribution in [0.3, 0.4) is 0 Å². The van der Waals surface area contributed by atoms with Gasteiger partial charge in [0, 0.05) is 30.4 Å². The largest absolute Gasteiger partial charge is 0.352 e. The van der Waals surface area contributed by atoms with E-state index < -0.39 is 0 Å². The van der Waals surface area contributed by atoms with Crippen LogP contribution in [0.4, 0.5) is 0 Å². The third-order valence-corrected chi connectivity index (χ3v) is 3.54. The minimum absolute atomic E-state index is 0.0547. The molecule has 1 amide bonds. The molecular weight excluding hydrogens is 228 g/mol. The normalized spacial score (nSPS) is 19.7. The summed E-state index contributed by atoms with van der Waals surface area (Å²) in [4.78, 5) is 11.9. The standard InChI is InChI=1S/C13H22N4O/c1-11(10-17-8-4-7-15-17)16-12(18)9-13(14)5-2-3-6-13/h4,7-8,11H,2-3,5-6,9-10,14H2,1H3,(H,16,18). The van der Waals surface area contributed by atoms with Crippen molar-refractivity contribution in [2.24, 2.45) is 5.73 Å². The zero-order valence-electron chi connectivity index (χ0n) is 10.9. The van der Waals surface area contributed by atoms with E-state index in [2.05, 4.69) is 10.4 Å². The maximum absolute atomic E-state index is 11.9. The number of amides is 1. The highest BCUT2D eigenvalue weighted by atomic mass is 16.1. The Morgan fingerprint density at radius 1 is 1.56 bits per heavy atom. The summed E-state index contributed by atoms with van der Waals surface area (Å²) in [5.41, 5.74) is 5.93. The first kappa shape index (κ1) is 13.1. The molecule has 1 saturated carbocycles. The Balaban J connectivity index is 1.76. The van der Waals surface area contributed by atoms with Crippen molar-refractivity contribution < 1.29 is 4.79 Å². The van der Waals surface area contributed by atoms with Gasteiger partial charge in [-0.25, -0.2) is 0 Å². The zero-order valence-corrected chi connectivity index (χ0v) is 10.9. The van der Waals surface area contributed by atoms with Crippen LogP contribution in [0.5, 0.6) is 0 Å². The molecule has 0 radical (unpaired) electrons. The molecule has 0 saturated heterocycles. The van der Waals surface area contributed by atoms with E-state index in [0.29, 0.717) is 13.0 Å². The van der Waals surface area contributed by atoms with E-state index in [0.717, 1.165) is 25.7 Å². The lowest BCUT2D eigenvalue weighted by atomic mass is 9.94. The number of hydrogen-bond donors (Lipinski definition) is 2. The molecule has 0 bridgehead atoms. The first-order valence-corrected chi connectivity index (χ1v) is 6.63. The fourth-order valence-electron chi connectivity index (χ4n) is 2.64. The van der Waals surface area contributed by atoms with Gasteiger partial charge in [0.2, 0.25) is 5.91 Å². The lowest BCUT2D eigenvalue weighted by Gasteiger charge is -2.24. The molecule has 1 heterocycles. The number of nitrogens with two attached hydrogens (primary N) is 1. The second-order valence-corrected chi connectivity index (χ2v) is 5.44. The molecule has 2 rings (SSSR count). The van der Waals surface area contributed by atoms with Gasteiger partial charge in [0.25, 0.3) is 0 Å². The lowest BCUT2D eigenvalue weighted by Crippen LogP contribution is -2.44. The fourth-order valence-corrected chi connectivity index (χ4v) is 2.64. The minimum atomic E-state index is -0.268. The zero-order chi connectivity index (χ0) is 13.0. The number of nitrogens with zero attached hydrogens (tertiary/aromatic N) is 2. The summed E-state index contributed by atoms with van der Waals surface area (Å²) in [5, 5.41) is 7.11. The lowest BCUT2D eigenvalue weighted by molar-refractivity contribution is -0.122. The molecule has 1 atom stereocenters. The molecule has 1 aromatic rings. The Morgan fingerprint density at radius 2 is 2.28 bits per heavy atom. The molecule has 3 N–H and O–H groups in total. The summed E-state index contributed by atoms with van der Waals surface area (Å²) in [7, 11) is 0. The monoisotopic (exact) mass is 250 g/mol. The average Bonchev–Trinajstić information content (AvgIpc) is 2.89. The van der Waals surface area contributed by atoms with Gasteiger partial charge in [0.05, 0.1) is 6.54 Å². The summed E-state index contributed by atoms with van der Waals surface area (Å²) in [6, 6.07) is 1.95. The summed E-state index contributed by atoms with van der Waals surface area (Å²) >= 11 is 0. The van der Waals surface area contributed by atoms with Crippen molar-refractivity contribution in [3.05, 3.63) is 18.5 Å². The molecule has 0 aliphatic heterocycles. The van der Waals surface area contributed by atoms with E-state index in [4.69, 9.17) is 5.73 Å². The maximum atomic E-state index is 11.9. The molecule has 1 aromatic heterocycles. The second kappa shape index (κ2) is 5.52. The van der Waals surface area contributed by atoms with Crippen LogP contribution < -0.4 is 11.1 Å². The number of aromatic nitrogens is 2. The molecule has 1 aliphatic rings. The molecule has 5 nitrogen and oxygen atoms in total. The smallest absolute Gasteiger partial charge is 0.222 e. The molecule has 1 unspecified atom stereocenters. The predicted octanol–water partition coefficient (Wildman–Crippen LogP) is 1.05. The van der Waals surface area contributed by atoms with Gasteiger partial charge < -0.3 is 11.1 Å². The predicted molar refractivity (Wildman–Crippen MR) is 69.8 cm³/mol. The summed E-state index contributed by atoms with van der Waals surface area (Å²) in [6.07, 6.45) is 8.30. The van der Waals surface area contributed by atoms with Crippen molar-refractivity contribution in [3.8, 4) is 0 Å². The molecular formula is C13H22N4O. The molecule has 1 fully saturated rings. The van der Waals surface area contributed by atoms with Crippen LogP contribution in [0, 0.1) is 0 Å². The van der Waals surface area contributed by atoms with E-state index in [1.165, 1.54) is 0 Å². The van der Waals surface area contributed by atoms with E-state index in [1.807, 2.05) is 23.9 Å². The molecule has 18 heavy (non-hydrogen) atoms. The summed E-state index contributed by atoms with van der Waals surface area (Å²) in [6.45, 7) is 2.67. The van der Waals surface area contributed by atoms with Crippen molar-refractivity contribution in [2.75, 3.05) is 0 Å². The highest BCUT2D eigenvalue weighted by Crippen LogP contribution is 2.29. The van der Waals surface area contributed by atoms with Gasteiger partial charge in [-0.3, -0.25) is 9.48 Å². The Morgan fingerprint density at radius 3 is 2.89 bits per heavy atom. The van der Waals surface area contributed by atoms with E-state index in [-0.39, 0.29) is 17.5 Å². The SMILES string of the molecule is CC(Cn1cccn1)NC(=O)CC1(N)CCCC1. The highest BCUT2D eigenvalue weighted by molar-refractivity contribution is 5.77. The first-order valence-electron chi connectivity index (χ1n) is 6.63. The van der Waals surface area contributed by atoms with E-state index >= 15 is 0 Å². The second-order valence-electron chi connectivity index (χ2n) is 5.44. The van der Waals surface area contributed by atoms with Gasteiger partial charge in [-0.2, -0.15) is 5.10 Å². The van der Waals surface area contributed by atoms with Crippen LogP contribution in [-0.2, 0) is 11.3 Å². The van der Waals surface area contributed by atoms with E-state index in [1.54, 1.807) is 6.20 Å². The molecule has 1 aliphatic carbocycles. The average molecular weight is 250 g/mol. The molecule has 100 valence electrons. The van der Waals surface area contributed by atoms with Gasteiger partial charge in [-0.15, -0.1) is 0 Å². The van der Waals surface area contributed by atoms with Crippen molar-refractivity contribution in [1.29, 1.82) is 0 Å². The van der Waals surface area contributed by atoms with Gasteiger partial charge >= 0.3 is 0 Å². The van der Waals surface area contributed by atoms with Crippen molar-refractivity contribution >= 4 is 5.91 Å². The van der Waals surface area contributed by atoms with Crippen LogP contribution in [0.25, 0.3) is 0 Å². The number of carbonyl (C=O) groups is 1. The summed E-state index contributed by atoms with van der Waals surface area (Å²) in [5.74, 6) is 0.0547. The van der Waals surface area contributed by atoms with Crippen LogP contribution >= 0.6 is 0 Å². The van der Waals surface area contributed by atoms with Crippen molar-refractivity contribution in [1.82, 2.24) is 15.1 Å². The number of nitrogens with one attached hydrogen (secondary N) is 1. The Labute approximate surface area is 108 Å². The van der Waals surface area contributed by atoms with Crippen molar-refractivity contribution in [2.45, 2.75) is 57.2 Å².